The molecule has 0 saturated heterocycles. The molecule has 3 aromatic rings. The zero-order chi connectivity index (χ0) is 17.2. The van der Waals surface area contributed by atoms with E-state index in [4.69, 9.17) is 0 Å². The van der Waals surface area contributed by atoms with Crippen LogP contribution < -0.4 is 4.72 Å². The predicted octanol–water partition coefficient (Wildman–Crippen LogP) is 3.91. The number of benzene rings is 1. The number of pyridine rings is 1. The average Bonchev–Trinajstić information content (AvgIpc) is 3.10. The molecule has 0 radical (unpaired) electrons. The molecule has 0 aliphatic carbocycles. The largest absolute Gasteiger partial charge is 0.264 e. The zero-order valence-corrected chi connectivity index (χ0v) is 15.1. The molecule has 3 rings (SSSR count). The second-order valence-electron chi connectivity index (χ2n) is 5.66. The van der Waals surface area contributed by atoms with Crippen LogP contribution in [0, 0.1) is 13.8 Å². The number of thiophene rings is 1. The van der Waals surface area contributed by atoms with Gasteiger partial charge in [0.1, 0.15) is 0 Å². The van der Waals surface area contributed by atoms with Gasteiger partial charge in [-0.1, -0.05) is 6.07 Å². The fourth-order valence-corrected chi connectivity index (χ4v) is 4.08. The van der Waals surface area contributed by atoms with Gasteiger partial charge in [-0.05, 0) is 71.1 Å². The van der Waals surface area contributed by atoms with Crippen LogP contribution in [0.4, 0.5) is 0 Å². The Bertz CT molecular complexity index is 949. The minimum Gasteiger partial charge on any atom is -0.264 e. The third-order valence-electron chi connectivity index (χ3n) is 3.90. The van der Waals surface area contributed by atoms with Crippen LogP contribution in [0.1, 0.15) is 16.7 Å². The van der Waals surface area contributed by atoms with Crippen LogP contribution in [-0.2, 0) is 16.6 Å². The lowest BCUT2D eigenvalue weighted by atomic mass is 10.1. The number of hydrogen-bond acceptors (Lipinski definition) is 4. The SMILES string of the molecule is Cc1ccc(S(=O)(=O)NCc2cncc(-c3ccsc3)c2)cc1C. The van der Waals surface area contributed by atoms with Crippen molar-refractivity contribution in [3.63, 3.8) is 0 Å². The van der Waals surface area contributed by atoms with E-state index in [9.17, 15) is 8.42 Å². The second kappa shape index (κ2) is 6.84. The van der Waals surface area contributed by atoms with Gasteiger partial charge in [-0.25, -0.2) is 13.1 Å². The summed E-state index contributed by atoms with van der Waals surface area (Å²) in [5, 5.41) is 4.05. The smallest absolute Gasteiger partial charge is 0.240 e. The molecule has 1 aromatic carbocycles. The van der Waals surface area contributed by atoms with Crippen molar-refractivity contribution in [2.75, 3.05) is 0 Å². The first-order valence-electron chi connectivity index (χ1n) is 7.49. The van der Waals surface area contributed by atoms with E-state index in [1.54, 1.807) is 35.9 Å². The summed E-state index contributed by atoms with van der Waals surface area (Å²) >= 11 is 1.62. The van der Waals surface area contributed by atoms with E-state index >= 15 is 0 Å². The normalized spacial score (nSPS) is 11.6. The Morgan fingerprint density at radius 3 is 2.58 bits per heavy atom. The van der Waals surface area contributed by atoms with Crippen LogP contribution >= 0.6 is 11.3 Å². The van der Waals surface area contributed by atoms with Gasteiger partial charge in [0.2, 0.25) is 10.0 Å². The highest BCUT2D eigenvalue weighted by Gasteiger charge is 2.14. The minimum atomic E-state index is -3.54. The van der Waals surface area contributed by atoms with Gasteiger partial charge in [0.05, 0.1) is 4.90 Å². The van der Waals surface area contributed by atoms with E-state index < -0.39 is 10.0 Å². The van der Waals surface area contributed by atoms with E-state index in [1.807, 2.05) is 42.8 Å². The van der Waals surface area contributed by atoms with Crippen LogP contribution in [0.25, 0.3) is 11.1 Å². The molecule has 124 valence electrons. The minimum absolute atomic E-state index is 0.209. The monoisotopic (exact) mass is 358 g/mol. The number of hydrogen-bond donors (Lipinski definition) is 1. The number of aromatic nitrogens is 1. The summed E-state index contributed by atoms with van der Waals surface area (Å²) in [5.74, 6) is 0. The topological polar surface area (TPSA) is 59.1 Å². The van der Waals surface area contributed by atoms with Gasteiger partial charge >= 0.3 is 0 Å². The maximum atomic E-state index is 12.5. The summed E-state index contributed by atoms with van der Waals surface area (Å²) in [6, 6.07) is 9.12. The van der Waals surface area contributed by atoms with Gasteiger partial charge < -0.3 is 0 Å². The lowest BCUT2D eigenvalue weighted by Gasteiger charge is -2.09. The molecule has 2 aromatic heterocycles. The summed E-state index contributed by atoms with van der Waals surface area (Å²) in [7, 11) is -3.54. The Hall–Kier alpha value is -2.02. The molecule has 0 unspecified atom stereocenters. The molecule has 0 amide bonds. The molecule has 6 heteroatoms. The quantitative estimate of drug-likeness (QED) is 0.752. The third kappa shape index (κ3) is 3.72. The highest BCUT2D eigenvalue weighted by atomic mass is 32.2. The number of aryl methyl sites for hydroxylation is 2. The Labute approximate surface area is 146 Å². The molecular weight excluding hydrogens is 340 g/mol. The molecule has 0 bridgehead atoms. The average molecular weight is 358 g/mol. The van der Waals surface area contributed by atoms with Gasteiger partial charge in [-0.2, -0.15) is 11.3 Å². The Kier molecular flexibility index (Phi) is 4.80. The first kappa shape index (κ1) is 16.8. The molecule has 0 saturated carbocycles. The van der Waals surface area contributed by atoms with Crippen molar-refractivity contribution in [2.45, 2.75) is 25.3 Å². The van der Waals surface area contributed by atoms with Gasteiger partial charge in [0.15, 0.2) is 0 Å². The first-order chi connectivity index (χ1) is 11.5. The highest BCUT2D eigenvalue weighted by molar-refractivity contribution is 7.89. The van der Waals surface area contributed by atoms with Crippen molar-refractivity contribution in [2.24, 2.45) is 0 Å². The maximum absolute atomic E-state index is 12.5. The van der Waals surface area contributed by atoms with Crippen LogP contribution in [0.3, 0.4) is 0 Å². The lowest BCUT2D eigenvalue weighted by Crippen LogP contribution is -2.23. The molecule has 0 fully saturated rings. The van der Waals surface area contributed by atoms with Crippen molar-refractivity contribution < 1.29 is 8.42 Å². The van der Waals surface area contributed by atoms with Crippen LogP contribution in [0.5, 0.6) is 0 Å². The molecule has 24 heavy (non-hydrogen) atoms. The van der Waals surface area contributed by atoms with Gasteiger partial charge in [-0.3, -0.25) is 4.98 Å². The first-order valence-corrected chi connectivity index (χ1v) is 9.92. The Morgan fingerprint density at radius 2 is 1.88 bits per heavy atom. The predicted molar refractivity (Wildman–Crippen MR) is 97.5 cm³/mol. The molecule has 2 heterocycles. The lowest BCUT2D eigenvalue weighted by molar-refractivity contribution is 0.581. The number of rotatable bonds is 5. The van der Waals surface area contributed by atoms with E-state index in [0.717, 1.165) is 27.8 Å². The summed E-state index contributed by atoms with van der Waals surface area (Å²) in [5.41, 5.74) is 4.93. The molecule has 0 aliphatic heterocycles. The highest BCUT2D eigenvalue weighted by Crippen LogP contribution is 2.22. The van der Waals surface area contributed by atoms with E-state index in [0.29, 0.717) is 0 Å². The summed E-state index contributed by atoms with van der Waals surface area (Å²) < 4.78 is 27.6. The van der Waals surface area contributed by atoms with E-state index in [-0.39, 0.29) is 11.4 Å². The number of nitrogens with one attached hydrogen (secondary N) is 1. The number of nitrogens with zero attached hydrogens (tertiary/aromatic N) is 1. The number of sulfonamides is 1. The Balaban J connectivity index is 1.77. The fraction of sp³-hybridized carbons (Fsp3) is 0.167. The maximum Gasteiger partial charge on any atom is 0.240 e. The van der Waals surface area contributed by atoms with Crippen molar-refractivity contribution in [1.29, 1.82) is 0 Å². The van der Waals surface area contributed by atoms with Crippen molar-refractivity contribution in [3.8, 4) is 11.1 Å². The zero-order valence-electron chi connectivity index (χ0n) is 13.5. The van der Waals surface area contributed by atoms with Crippen LogP contribution in [-0.4, -0.2) is 13.4 Å². The fourth-order valence-electron chi connectivity index (χ4n) is 2.31. The van der Waals surface area contributed by atoms with E-state index in [1.165, 1.54) is 0 Å². The van der Waals surface area contributed by atoms with Crippen molar-refractivity contribution >= 4 is 21.4 Å². The van der Waals surface area contributed by atoms with Gasteiger partial charge in [0, 0.05) is 24.5 Å². The molecular formula is C18H18N2O2S2. The van der Waals surface area contributed by atoms with Crippen molar-refractivity contribution in [1.82, 2.24) is 9.71 Å². The van der Waals surface area contributed by atoms with Crippen LogP contribution in [0.2, 0.25) is 0 Å². The van der Waals surface area contributed by atoms with Crippen molar-refractivity contribution in [3.05, 3.63) is 70.2 Å². The Morgan fingerprint density at radius 1 is 1.04 bits per heavy atom. The van der Waals surface area contributed by atoms with Gasteiger partial charge in [-0.15, -0.1) is 0 Å². The molecule has 0 atom stereocenters. The second-order valence-corrected chi connectivity index (χ2v) is 8.21. The molecule has 4 nitrogen and oxygen atoms in total. The van der Waals surface area contributed by atoms with Gasteiger partial charge in [0.25, 0.3) is 0 Å². The van der Waals surface area contributed by atoms with Crippen LogP contribution in [0.15, 0.2) is 58.4 Å². The molecule has 1 N–H and O–H groups in total. The third-order valence-corrected chi connectivity index (χ3v) is 5.99. The molecule has 0 spiro atoms. The van der Waals surface area contributed by atoms with E-state index in [2.05, 4.69) is 9.71 Å². The summed E-state index contributed by atoms with van der Waals surface area (Å²) in [6.45, 7) is 4.07. The summed E-state index contributed by atoms with van der Waals surface area (Å²) in [4.78, 5) is 4.49. The summed E-state index contributed by atoms with van der Waals surface area (Å²) in [6.07, 6.45) is 3.46. The molecule has 0 aliphatic rings. The standard InChI is InChI=1S/C18H18N2O2S2/c1-13-3-4-18(7-14(13)2)24(21,22)20-10-15-8-17(11-19-9-15)16-5-6-23-12-16/h3-9,11-12,20H,10H2,1-2H3.